The van der Waals surface area contributed by atoms with Crippen molar-refractivity contribution in [1.29, 1.82) is 0 Å². The van der Waals surface area contributed by atoms with Crippen LogP contribution in [-0.4, -0.2) is 28.2 Å². The Morgan fingerprint density at radius 2 is 2.04 bits per heavy atom. The molecule has 26 heavy (non-hydrogen) atoms. The summed E-state index contributed by atoms with van der Waals surface area (Å²) >= 11 is 0. The van der Waals surface area contributed by atoms with Gasteiger partial charge in [-0.05, 0) is 38.2 Å². The Morgan fingerprint density at radius 1 is 1.23 bits per heavy atom. The Balaban J connectivity index is 1.91. The van der Waals surface area contributed by atoms with Gasteiger partial charge in [0.05, 0.1) is 16.6 Å². The number of carboxylic acid groups (broad SMARTS) is 1. The van der Waals surface area contributed by atoms with Crippen LogP contribution in [0.2, 0.25) is 0 Å². The van der Waals surface area contributed by atoms with Crippen molar-refractivity contribution in [2.24, 2.45) is 0 Å². The third kappa shape index (κ3) is 2.14. The molecule has 134 valence electrons. The lowest BCUT2D eigenvalue weighted by Gasteiger charge is -2.27. The van der Waals surface area contributed by atoms with Gasteiger partial charge in [-0.15, -0.1) is 0 Å². The SMILES string of the molecule is O=C(O)c1cn(C2CC2)c2c3c(c(F)cc2c1=O)N1CCC[C@@H]1CC=C3. The minimum Gasteiger partial charge on any atom is -0.477 e. The summed E-state index contributed by atoms with van der Waals surface area (Å²) in [7, 11) is 0. The topological polar surface area (TPSA) is 62.5 Å². The lowest BCUT2D eigenvalue weighted by Crippen LogP contribution is -2.30. The largest absolute Gasteiger partial charge is 0.477 e. The van der Waals surface area contributed by atoms with Crippen molar-refractivity contribution in [3.05, 3.63) is 45.5 Å². The molecular weight excluding hydrogens is 335 g/mol. The van der Waals surface area contributed by atoms with E-state index in [1.807, 2.05) is 10.6 Å². The first-order valence-electron chi connectivity index (χ1n) is 9.14. The highest BCUT2D eigenvalue weighted by Crippen LogP contribution is 2.43. The molecule has 3 heterocycles. The zero-order valence-corrected chi connectivity index (χ0v) is 14.2. The van der Waals surface area contributed by atoms with E-state index >= 15 is 4.39 Å². The summed E-state index contributed by atoms with van der Waals surface area (Å²) in [5.74, 6) is -1.70. The molecule has 2 fully saturated rings. The number of nitrogens with zero attached hydrogens (tertiary/aromatic N) is 2. The summed E-state index contributed by atoms with van der Waals surface area (Å²) < 4.78 is 17.0. The van der Waals surface area contributed by atoms with E-state index in [4.69, 9.17) is 0 Å². The van der Waals surface area contributed by atoms with Crippen molar-refractivity contribution in [1.82, 2.24) is 4.57 Å². The minimum atomic E-state index is -1.27. The van der Waals surface area contributed by atoms with Gasteiger partial charge < -0.3 is 14.6 Å². The molecule has 1 saturated heterocycles. The van der Waals surface area contributed by atoms with Crippen LogP contribution in [0, 0.1) is 5.82 Å². The van der Waals surface area contributed by atoms with E-state index in [1.54, 1.807) is 0 Å². The quantitative estimate of drug-likeness (QED) is 0.896. The van der Waals surface area contributed by atoms with E-state index in [2.05, 4.69) is 11.0 Å². The fraction of sp³-hybridized carbons (Fsp3) is 0.400. The molecule has 5 rings (SSSR count). The number of benzene rings is 1. The highest BCUT2D eigenvalue weighted by atomic mass is 19.1. The monoisotopic (exact) mass is 354 g/mol. The number of carboxylic acids is 1. The van der Waals surface area contributed by atoms with Gasteiger partial charge in [-0.25, -0.2) is 9.18 Å². The average molecular weight is 354 g/mol. The van der Waals surface area contributed by atoms with Crippen LogP contribution in [0.3, 0.4) is 0 Å². The molecule has 0 spiro atoms. The number of anilines is 1. The zero-order valence-electron chi connectivity index (χ0n) is 14.2. The second kappa shape index (κ2) is 5.43. The normalized spacial score (nSPS) is 21.6. The third-order valence-electron chi connectivity index (χ3n) is 5.81. The number of carbonyl (C=O) groups is 1. The van der Waals surface area contributed by atoms with Crippen LogP contribution in [0.1, 0.15) is 54.1 Å². The minimum absolute atomic E-state index is 0.162. The summed E-state index contributed by atoms with van der Waals surface area (Å²) in [6.07, 6.45) is 10.2. The Bertz CT molecular complexity index is 1040. The van der Waals surface area contributed by atoms with Gasteiger partial charge >= 0.3 is 5.97 Å². The first kappa shape index (κ1) is 15.6. The summed E-state index contributed by atoms with van der Waals surface area (Å²) in [5.41, 5.74) is 1.04. The van der Waals surface area contributed by atoms with Gasteiger partial charge in [0, 0.05) is 30.4 Å². The predicted molar refractivity (Wildman–Crippen MR) is 97.4 cm³/mol. The van der Waals surface area contributed by atoms with Gasteiger partial charge in [0.2, 0.25) is 5.43 Å². The van der Waals surface area contributed by atoms with E-state index in [-0.39, 0.29) is 17.0 Å². The zero-order chi connectivity index (χ0) is 18.0. The molecule has 1 aromatic carbocycles. The molecule has 0 bridgehead atoms. The van der Waals surface area contributed by atoms with Crippen molar-refractivity contribution < 1.29 is 14.3 Å². The maximum absolute atomic E-state index is 15.1. The van der Waals surface area contributed by atoms with Crippen LogP contribution < -0.4 is 10.3 Å². The molecule has 1 aromatic heterocycles. The Morgan fingerprint density at radius 3 is 2.77 bits per heavy atom. The van der Waals surface area contributed by atoms with Crippen molar-refractivity contribution in [2.75, 3.05) is 11.4 Å². The lowest BCUT2D eigenvalue weighted by atomic mass is 10.0. The van der Waals surface area contributed by atoms with Gasteiger partial charge in [-0.3, -0.25) is 4.79 Å². The van der Waals surface area contributed by atoms with Gasteiger partial charge in [0.1, 0.15) is 11.4 Å². The first-order chi connectivity index (χ1) is 12.6. The number of aromatic nitrogens is 1. The van der Waals surface area contributed by atoms with Crippen molar-refractivity contribution in [3.63, 3.8) is 0 Å². The van der Waals surface area contributed by atoms with Crippen LogP contribution in [-0.2, 0) is 0 Å². The number of rotatable bonds is 2. The van der Waals surface area contributed by atoms with E-state index in [9.17, 15) is 14.7 Å². The highest BCUT2D eigenvalue weighted by Gasteiger charge is 2.33. The smallest absolute Gasteiger partial charge is 0.341 e. The summed E-state index contributed by atoms with van der Waals surface area (Å²) in [6, 6.07) is 1.71. The van der Waals surface area contributed by atoms with E-state index in [0.717, 1.165) is 38.6 Å². The Labute approximate surface area is 149 Å². The molecule has 0 unspecified atom stereocenters. The molecule has 1 aliphatic carbocycles. The molecule has 0 amide bonds. The van der Waals surface area contributed by atoms with Gasteiger partial charge in [0.15, 0.2) is 0 Å². The number of halogens is 1. The highest BCUT2D eigenvalue weighted by molar-refractivity contribution is 5.98. The maximum Gasteiger partial charge on any atom is 0.341 e. The average Bonchev–Trinajstić information content (AvgIpc) is 3.38. The molecule has 6 heteroatoms. The second-order valence-electron chi connectivity index (χ2n) is 7.46. The van der Waals surface area contributed by atoms with Crippen LogP contribution in [0.4, 0.5) is 10.1 Å². The van der Waals surface area contributed by atoms with Crippen LogP contribution in [0.25, 0.3) is 17.0 Å². The number of hydrogen-bond acceptors (Lipinski definition) is 3. The fourth-order valence-electron chi connectivity index (χ4n) is 4.47. The number of pyridine rings is 1. The Kier molecular flexibility index (Phi) is 3.26. The van der Waals surface area contributed by atoms with Crippen LogP contribution >= 0.6 is 0 Å². The fourth-order valence-corrected chi connectivity index (χ4v) is 4.47. The van der Waals surface area contributed by atoms with Crippen molar-refractivity contribution in [2.45, 2.75) is 44.2 Å². The van der Waals surface area contributed by atoms with E-state index in [1.165, 1.54) is 12.3 Å². The number of hydrogen-bond donors (Lipinski definition) is 1. The third-order valence-corrected chi connectivity index (χ3v) is 5.81. The van der Waals surface area contributed by atoms with Crippen LogP contribution in [0.5, 0.6) is 0 Å². The predicted octanol–water partition coefficient (Wildman–Crippen LogP) is 3.56. The first-order valence-corrected chi connectivity index (χ1v) is 9.14. The number of fused-ring (bicyclic) bond motifs is 5. The second-order valence-corrected chi connectivity index (χ2v) is 7.46. The van der Waals surface area contributed by atoms with Crippen LogP contribution in [0.15, 0.2) is 23.1 Å². The van der Waals surface area contributed by atoms with Gasteiger partial charge in [-0.1, -0.05) is 12.2 Å². The molecule has 1 atom stereocenters. The number of aromatic carboxylic acids is 1. The maximum atomic E-state index is 15.1. The summed E-state index contributed by atoms with van der Waals surface area (Å²) in [6.45, 7) is 0.808. The van der Waals surface area contributed by atoms with E-state index < -0.39 is 17.2 Å². The van der Waals surface area contributed by atoms with Gasteiger partial charge in [-0.2, -0.15) is 0 Å². The molecule has 1 N–H and O–H groups in total. The molecule has 2 aromatic rings. The Hall–Kier alpha value is -2.63. The standard InChI is InChI=1S/C20H19FN2O3/c21-16-9-14-17(13-5-1-3-11-4-2-8-22(11)18(13)16)23(12-6-7-12)10-15(19(14)24)20(25)26/h1,5,9-12H,2-4,6-8H2,(H,25,26)/t11-/m0/s1. The lowest BCUT2D eigenvalue weighted by molar-refractivity contribution is 0.0695. The van der Waals surface area contributed by atoms with E-state index in [0.29, 0.717) is 22.8 Å². The van der Waals surface area contributed by atoms with Crippen molar-refractivity contribution >= 4 is 28.6 Å². The molecular formula is C20H19FN2O3. The van der Waals surface area contributed by atoms with Crippen molar-refractivity contribution in [3.8, 4) is 0 Å². The summed E-state index contributed by atoms with van der Waals surface area (Å²) in [5, 5.41) is 9.56. The van der Waals surface area contributed by atoms with Gasteiger partial charge in [0.25, 0.3) is 0 Å². The summed E-state index contributed by atoms with van der Waals surface area (Å²) in [4.78, 5) is 26.3. The molecule has 5 nitrogen and oxygen atoms in total. The molecule has 0 radical (unpaired) electrons. The molecule has 3 aliphatic rings. The molecule has 2 aliphatic heterocycles. The molecule has 1 saturated carbocycles.